The van der Waals surface area contributed by atoms with Gasteiger partial charge in [-0.15, -0.1) is 0 Å². The first-order valence-electron chi connectivity index (χ1n) is 10.6. The summed E-state index contributed by atoms with van der Waals surface area (Å²) in [4.78, 5) is 13.9. The average Bonchev–Trinajstić information content (AvgIpc) is 2.76. The molecule has 2 aromatic carbocycles. The molecule has 7 nitrogen and oxygen atoms in total. The number of oxime groups is 1. The van der Waals surface area contributed by atoms with Crippen molar-refractivity contribution in [3.63, 3.8) is 0 Å². The highest BCUT2D eigenvalue weighted by Crippen LogP contribution is 2.35. The highest BCUT2D eigenvalue weighted by atomic mass is 79.9. The molecule has 3 N–H and O–H groups in total. The van der Waals surface area contributed by atoms with Gasteiger partial charge >= 0.3 is 0 Å². The van der Waals surface area contributed by atoms with E-state index < -0.39 is 5.91 Å². The summed E-state index contributed by atoms with van der Waals surface area (Å²) in [6.45, 7) is 2.07. The maximum absolute atomic E-state index is 12.6. The van der Waals surface area contributed by atoms with Gasteiger partial charge in [-0.1, -0.05) is 5.16 Å². The Morgan fingerprint density at radius 3 is 2.06 bits per heavy atom. The molecule has 194 valence electrons. The number of benzene rings is 2. The highest BCUT2D eigenvalue weighted by Gasteiger charge is 2.16. The standard InChI is InChI=1S/C23H27Br4N3O4.ClH/c1-30(2)7-4-8-34-22-18(26)9-14(10-19(22)27)5-6-28-23(31)20(29-32)13-15-11-16(24)21(33-3)17(25)12-15;/h9-12,32H,4-8,13H2,1-3H3,(H,28,31);1H/b29-20+;. The van der Waals surface area contributed by atoms with Gasteiger partial charge in [-0.3, -0.25) is 4.79 Å². The second-order valence-corrected chi connectivity index (χ2v) is 11.3. The van der Waals surface area contributed by atoms with Gasteiger partial charge in [-0.05, 0) is 106 Å². The van der Waals surface area contributed by atoms with Crippen molar-refractivity contribution >= 4 is 75.3 Å². The number of halogens is 5. The third-order valence-electron chi connectivity index (χ3n) is 4.84. The summed E-state index contributed by atoms with van der Waals surface area (Å²) >= 11 is 14.0. The van der Waals surface area contributed by atoms with E-state index in [0.29, 0.717) is 25.3 Å². The predicted octanol–water partition coefficient (Wildman–Crippen LogP) is 1.39. The highest BCUT2D eigenvalue weighted by molar-refractivity contribution is 9.11. The van der Waals surface area contributed by atoms with Gasteiger partial charge in [0.15, 0.2) is 0 Å². The molecule has 0 saturated heterocycles. The second kappa shape index (κ2) is 16.1. The molecule has 0 aromatic heterocycles. The lowest BCUT2D eigenvalue weighted by molar-refractivity contribution is -0.858. The van der Waals surface area contributed by atoms with Crippen LogP contribution in [0.2, 0.25) is 0 Å². The Bertz CT molecular complexity index is 992. The summed E-state index contributed by atoms with van der Waals surface area (Å²) in [7, 11) is 5.81. The number of rotatable bonds is 12. The van der Waals surface area contributed by atoms with Gasteiger partial charge < -0.3 is 37.3 Å². The molecular weight excluding hydrogens is 737 g/mol. The zero-order valence-corrected chi connectivity index (χ0v) is 26.7. The van der Waals surface area contributed by atoms with E-state index in [1.54, 1.807) is 7.11 Å². The number of nitrogens with one attached hydrogen (secondary N) is 2. The molecule has 0 aliphatic heterocycles. The van der Waals surface area contributed by atoms with E-state index in [-0.39, 0.29) is 24.5 Å². The van der Waals surface area contributed by atoms with Crippen LogP contribution < -0.4 is 32.1 Å². The first kappa shape index (κ1) is 32.2. The van der Waals surface area contributed by atoms with Crippen molar-refractivity contribution in [2.45, 2.75) is 19.3 Å². The fourth-order valence-corrected chi connectivity index (χ4v) is 6.30. The molecule has 0 bridgehead atoms. The molecular formula is C23H28Br4ClN3O4. The van der Waals surface area contributed by atoms with E-state index in [4.69, 9.17) is 9.47 Å². The number of carbonyl (C=O) groups is 1. The lowest BCUT2D eigenvalue weighted by atomic mass is 10.1. The Morgan fingerprint density at radius 2 is 1.54 bits per heavy atom. The fourth-order valence-electron chi connectivity index (χ4n) is 3.18. The number of carbonyl (C=O) groups excluding carboxylic acids is 1. The zero-order valence-electron chi connectivity index (χ0n) is 19.6. The van der Waals surface area contributed by atoms with Crippen molar-refractivity contribution in [3.8, 4) is 11.5 Å². The summed E-state index contributed by atoms with van der Waals surface area (Å²) in [5.41, 5.74) is 1.84. The second-order valence-electron chi connectivity index (χ2n) is 7.87. The third kappa shape index (κ3) is 10.2. The summed E-state index contributed by atoms with van der Waals surface area (Å²) in [5, 5.41) is 15.4. The minimum atomic E-state index is -0.424. The van der Waals surface area contributed by atoms with E-state index in [9.17, 15) is 10.0 Å². The zero-order chi connectivity index (χ0) is 25.3. The minimum absolute atomic E-state index is 0. The van der Waals surface area contributed by atoms with E-state index in [1.165, 1.54) is 4.90 Å². The molecule has 12 heteroatoms. The van der Waals surface area contributed by atoms with Gasteiger partial charge in [0, 0.05) is 19.4 Å². The maximum Gasteiger partial charge on any atom is 0.269 e. The number of nitrogens with zero attached hydrogens (tertiary/aromatic N) is 1. The van der Waals surface area contributed by atoms with Crippen molar-refractivity contribution in [2.75, 3.05) is 40.9 Å². The van der Waals surface area contributed by atoms with E-state index in [1.807, 2.05) is 24.3 Å². The van der Waals surface area contributed by atoms with Crippen molar-refractivity contribution in [2.24, 2.45) is 5.16 Å². The Hall–Kier alpha value is -0.850. The van der Waals surface area contributed by atoms with Crippen LogP contribution >= 0.6 is 63.7 Å². The molecule has 0 aliphatic rings. The molecule has 2 rings (SSSR count). The summed E-state index contributed by atoms with van der Waals surface area (Å²) in [6.07, 6.45) is 1.74. The number of hydrogen-bond donors (Lipinski definition) is 3. The van der Waals surface area contributed by atoms with Gasteiger partial charge in [-0.25, -0.2) is 0 Å². The average molecular weight is 766 g/mol. The van der Waals surface area contributed by atoms with Crippen LogP contribution in [0.15, 0.2) is 47.3 Å². The number of hydrogen-bond acceptors (Lipinski definition) is 5. The molecule has 0 fully saturated rings. The molecule has 35 heavy (non-hydrogen) atoms. The number of amides is 1. The normalized spacial score (nSPS) is 11.3. The van der Waals surface area contributed by atoms with Crippen LogP contribution in [-0.4, -0.2) is 57.7 Å². The minimum Gasteiger partial charge on any atom is -1.00 e. The Balaban J connectivity index is 0.00000612. The lowest BCUT2D eigenvalue weighted by Crippen LogP contribution is -3.05. The Labute approximate surface area is 245 Å². The SMILES string of the molecule is COc1c(Br)cc(C/C(=N\O)C(=O)NCCc2cc(Br)c(OCCC[NH+](C)C)c(Br)c2)cc1Br.[Cl-]. The Kier molecular flexibility index (Phi) is 14.8. The first-order chi connectivity index (χ1) is 16.2. The van der Waals surface area contributed by atoms with Crippen molar-refractivity contribution in [1.82, 2.24) is 5.32 Å². The van der Waals surface area contributed by atoms with Crippen LogP contribution in [0, 0.1) is 0 Å². The molecule has 0 unspecified atom stereocenters. The molecule has 1 amide bonds. The van der Waals surface area contributed by atoms with Crippen LogP contribution in [0.3, 0.4) is 0 Å². The Morgan fingerprint density at radius 1 is 1.00 bits per heavy atom. The fraction of sp³-hybridized carbons (Fsp3) is 0.391. The topological polar surface area (TPSA) is 84.6 Å². The third-order valence-corrected chi connectivity index (χ3v) is 7.20. The molecule has 0 radical (unpaired) electrons. The van der Waals surface area contributed by atoms with Crippen LogP contribution in [0.5, 0.6) is 11.5 Å². The maximum atomic E-state index is 12.6. The summed E-state index contributed by atoms with van der Waals surface area (Å²) < 4.78 is 14.4. The lowest BCUT2D eigenvalue weighted by Gasteiger charge is -2.13. The monoisotopic (exact) mass is 761 g/mol. The van der Waals surface area contributed by atoms with Crippen LogP contribution in [-0.2, 0) is 17.6 Å². The van der Waals surface area contributed by atoms with Crippen LogP contribution in [0.4, 0.5) is 0 Å². The summed E-state index contributed by atoms with van der Waals surface area (Å²) in [5.74, 6) is 0.999. The molecule has 0 saturated carbocycles. The number of ether oxygens (including phenoxy) is 2. The molecule has 0 atom stereocenters. The molecule has 0 heterocycles. The van der Waals surface area contributed by atoms with E-state index in [0.717, 1.165) is 47.7 Å². The van der Waals surface area contributed by atoms with Crippen LogP contribution in [0.25, 0.3) is 0 Å². The van der Waals surface area contributed by atoms with Gasteiger partial charge in [0.2, 0.25) is 0 Å². The van der Waals surface area contributed by atoms with E-state index in [2.05, 4.69) is 88.3 Å². The van der Waals surface area contributed by atoms with E-state index >= 15 is 0 Å². The largest absolute Gasteiger partial charge is 1.00 e. The summed E-state index contributed by atoms with van der Waals surface area (Å²) in [6, 6.07) is 7.61. The number of quaternary nitrogens is 1. The van der Waals surface area contributed by atoms with Crippen molar-refractivity contribution in [3.05, 3.63) is 53.3 Å². The van der Waals surface area contributed by atoms with Gasteiger partial charge in [0.05, 0.1) is 52.2 Å². The van der Waals surface area contributed by atoms with Crippen molar-refractivity contribution < 1.29 is 36.8 Å². The molecule has 0 aliphatic carbocycles. The van der Waals surface area contributed by atoms with Gasteiger partial charge in [0.1, 0.15) is 17.2 Å². The van der Waals surface area contributed by atoms with Gasteiger partial charge in [-0.2, -0.15) is 0 Å². The molecule has 0 spiro atoms. The number of methoxy groups -OCH3 is 1. The predicted molar refractivity (Wildman–Crippen MR) is 148 cm³/mol. The first-order valence-corrected chi connectivity index (χ1v) is 13.7. The van der Waals surface area contributed by atoms with Gasteiger partial charge in [0.25, 0.3) is 5.91 Å². The quantitative estimate of drug-likeness (QED) is 0.132. The molecule has 2 aromatic rings. The smallest absolute Gasteiger partial charge is 0.269 e. The van der Waals surface area contributed by atoms with Crippen molar-refractivity contribution in [1.29, 1.82) is 0 Å². The van der Waals surface area contributed by atoms with Crippen LogP contribution in [0.1, 0.15) is 17.5 Å².